The Morgan fingerprint density at radius 1 is 0.950 bits per heavy atom. The number of hydrogen-bond donors (Lipinski definition) is 1. The third-order valence-corrected chi connectivity index (χ3v) is 6.66. The number of hydrogen-bond acceptors (Lipinski definition) is 5. The van der Waals surface area contributed by atoms with Crippen LogP contribution in [0.4, 0.5) is 5.69 Å². The number of amides is 1. The Kier molecular flexibility index (Phi) is 10.2. The maximum absolute atomic E-state index is 12.9. The SMILES string of the molecule is CCOc1cc(/C=C(\C#N)C(=O)Nc2ccc(OCc3ccccc3Cl)cc2)cc(Br)c1OCc1ccccc1. The lowest BCUT2D eigenvalue weighted by molar-refractivity contribution is -0.112. The summed E-state index contributed by atoms with van der Waals surface area (Å²) in [6.07, 6.45) is 1.50. The first-order valence-electron chi connectivity index (χ1n) is 12.5. The Hall–Kier alpha value is -4.25. The maximum Gasteiger partial charge on any atom is 0.266 e. The summed E-state index contributed by atoms with van der Waals surface area (Å²) in [4.78, 5) is 12.9. The molecule has 8 heteroatoms. The van der Waals surface area contributed by atoms with Crippen LogP contribution in [0.15, 0.2) is 101 Å². The van der Waals surface area contributed by atoms with Crippen molar-refractivity contribution in [1.82, 2.24) is 0 Å². The molecule has 0 aromatic heterocycles. The number of benzene rings is 4. The van der Waals surface area contributed by atoms with Gasteiger partial charge in [0.25, 0.3) is 5.91 Å². The van der Waals surface area contributed by atoms with Crippen LogP contribution in [-0.4, -0.2) is 12.5 Å². The fourth-order valence-electron chi connectivity index (χ4n) is 3.73. The highest BCUT2D eigenvalue weighted by molar-refractivity contribution is 9.10. The van der Waals surface area contributed by atoms with Gasteiger partial charge in [-0.3, -0.25) is 4.79 Å². The van der Waals surface area contributed by atoms with Crippen LogP contribution < -0.4 is 19.5 Å². The molecule has 40 heavy (non-hydrogen) atoms. The second-order valence-electron chi connectivity index (χ2n) is 8.57. The number of carbonyl (C=O) groups excluding carboxylic acids is 1. The van der Waals surface area contributed by atoms with E-state index < -0.39 is 5.91 Å². The number of anilines is 1. The largest absolute Gasteiger partial charge is 0.490 e. The van der Waals surface area contributed by atoms with Gasteiger partial charge in [-0.1, -0.05) is 60.1 Å². The van der Waals surface area contributed by atoms with Crippen molar-refractivity contribution in [2.45, 2.75) is 20.1 Å². The molecule has 202 valence electrons. The molecular formula is C32H26BrClN2O4. The van der Waals surface area contributed by atoms with Gasteiger partial charge in [0, 0.05) is 16.3 Å². The summed E-state index contributed by atoms with van der Waals surface area (Å²) in [6.45, 7) is 2.98. The Balaban J connectivity index is 1.44. The minimum atomic E-state index is -0.536. The topological polar surface area (TPSA) is 80.6 Å². The van der Waals surface area contributed by atoms with E-state index in [9.17, 15) is 10.1 Å². The zero-order chi connectivity index (χ0) is 28.3. The van der Waals surface area contributed by atoms with E-state index in [1.54, 1.807) is 36.4 Å². The maximum atomic E-state index is 12.9. The van der Waals surface area contributed by atoms with Crippen molar-refractivity contribution >= 4 is 45.2 Å². The molecule has 0 bridgehead atoms. The highest BCUT2D eigenvalue weighted by Gasteiger charge is 2.15. The van der Waals surface area contributed by atoms with Crippen LogP contribution >= 0.6 is 27.5 Å². The van der Waals surface area contributed by atoms with Crippen molar-refractivity contribution in [3.8, 4) is 23.3 Å². The molecule has 0 heterocycles. The van der Waals surface area contributed by atoms with Gasteiger partial charge >= 0.3 is 0 Å². The molecule has 0 spiro atoms. The summed E-state index contributed by atoms with van der Waals surface area (Å²) < 4.78 is 18.3. The van der Waals surface area contributed by atoms with Gasteiger partial charge in [0.1, 0.15) is 30.6 Å². The first-order valence-corrected chi connectivity index (χ1v) is 13.7. The number of nitrogens with zero attached hydrogens (tertiary/aromatic N) is 1. The van der Waals surface area contributed by atoms with Gasteiger partial charge in [0.2, 0.25) is 0 Å². The number of carbonyl (C=O) groups is 1. The van der Waals surface area contributed by atoms with Crippen molar-refractivity contribution in [2.24, 2.45) is 0 Å². The van der Waals surface area contributed by atoms with Gasteiger partial charge in [-0.25, -0.2) is 0 Å². The Bertz CT molecular complexity index is 1530. The molecule has 1 amide bonds. The molecule has 6 nitrogen and oxygen atoms in total. The molecule has 0 aliphatic rings. The molecule has 0 radical (unpaired) electrons. The van der Waals surface area contributed by atoms with Crippen molar-refractivity contribution in [3.63, 3.8) is 0 Å². The van der Waals surface area contributed by atoms with E-state index in [0.717, 1.165) is 11.1 Å². The van der Waals surface area contributed by atoms with Crippen molar-refractivity contribution in [2.75, 3.05) is 11.9 Å². The van der Waals surface area contributed by atoms with Crippen LogP contribution in [0.5, 0.6) is 17.2 Å². The minimum absolute atomic E-state index is 0.0636. The molecule has 1 N–H and O–H groups in total. The Morgan fingerprint density at radius 2 is 1.68 bits per heavy atom. The lowest BCUT2D eigenvalue weighted by Gasteiger charge is -2.15. The number of halogens is 2. The first kappa shape index (κ1) is 28.8. The number of nitriles is 1. The van der Waals surface area contributed by atoms with Gasteiger partial charge in [0.15, 0.2) is 11.5 Å². The van der Waals surface area contributed by atoms with Crippen molar-refractivity contribution in [1.29, 1.82) is 5.26 Å². The predicted molar refractivity (Wildman–Crippen MR) is 161 cm³/mol. The quantitative estimate of drug-likeness (QED) is 0.136. The van der Waals surface area contributed by atoms with Gasteiger partial charge < -0.3 is 19.5 Å². The summed E-state index contributed by atoms with van der Waals surface area (Å²) in [5, 5.41) is 13.1. The van der Waals surface area contributed by atoms with Gasteiger partial charge in [-0.05, 0) is 82.5 Å². The predicted octanol–water partition coefficient (Wildman–Crippen LogP) is 8.20. The highest BCUT2D eigenvalue weighted by atomic mass is 79.9. The molecule has 0 saturated heterocycles. The second-order valence-corrected chi connectivity index (χ2v) is 9.83. The molecule has 0 saturated carbocycles. The van der Waals surface area contributed by atoms with Gasteiger partial charge in [0.05, 0.1) is 11.1 Å². The fraction of sp³-hybridized carbons (Fsp3) is 0.125. The highest BCUT2D eigenvalue weighted by Crippen LogP contribution is 2.38. The molecule has 0 atom stereocenters. The van der Waals surface area contributed by atoms with Gasteiger partial charge in [-0.2, -0.15) is 5.26 Å². The van der Waals surface area contributed by atoms with E-state index in [4.69, 9.17) is 25.8 Å². The lowest BCUT2D eigenvalue weighted by Crippen LogP contribution is -2.13. The second kappa shape index (κ2) is 14.2. The molecule has 0 unspecified atom stereocenters. The molecule has 0 fully saturated rings. The smallest absolute Gasteiger partial charge is 0.266 e. The average Bonchev–Trinajstić information content (AvgIpc) is 2.96. The van der Waals surface area contributed by atoms with E-state index in [2.05, 4.69) is 21.2 Å². The average molecular weight is 618 g/mol. The monoisotopic (exact) mass is 616 g/mol. The third-order valence-electron chi connectivity index (χ3n) is 5.70. The van der Waals surface area contributed by atoms with E-state index >= 15 is 0 Å². The Labute approximate surface area is 246 Å². The fourth-order valence-corrected chi connectivity index (χ4v) is 4.49. The van der Waals surface area contributed by atoms with Crippen molar-refractivity contribution in [3.05, 3.63) is 123 Å². The normalized spacial score (nSPS) is 10.9. The molecule has 0 aliphatic heterocycles. The van der Waals surface area contributed by atoms with Crippen LogP contribution in [-0.2, 0) is 18.0 Å². The molecule has 4 aromatic rings. The van der Waals surface area contributed by atoms with Crippen LogP contribution in [0.2, 0.25) is 5.02 Å². The summed E-state index contributed by atoms with van der Waals surface area (Å²) >= 11 is 9.72. The summed E-state index contributed by atoms with van der Waals surface area (Å²) in [5.74, 6) is 1.13. The van der Waals surface area contributed by atoms with Crippen LogP contribution in [0.3, 0.4) is 0 Å². The first-order chi connectivity index (χ1) is 19.5. The van der Waals surface area contributed by atoms with Crippen molar-refractivity contribution < 1.29 is 19.0 Å². The molecular weight excluding hydrogens is 592 g/mol. The molecule has 0 aliphatic carbocycles. The third kappa shape index (κ3) is 7.89. The van der Waals surface area contributed by atoms with Crippen LogP contribution in [0.1, 0.15) is 23.6 Å². The van der Waals surface area contributed by atoms with E-state index in [0.29, 0.717) is 57.8 Å². The van der Waals surface area contributed by atoms with E-state index in [1.165, 1.54) is 6.08 Å². The lowest BCUT2D eigenvalue weighted by atomic mass is 10.1. The minimum Gasteiger partial charge on any atom is -0.490 e. The number of rotatable bonds is 11. The van der Waals surface area contributed by atoms with E-state index in [1.807, 2.05) is 67.6 Å². The summed E-state index contributed by atoms with van der Waals surface area (Å²) in [6, 6.07) is 29.6. The van der Waals surface area contributed by atoms with Gasteiger partial charge in [-0.15, -0.1) is 0 Å². The van der Waals surface area contributed by atoms with Crippen LogP contribution in [0, 0.1) is 11.3 Å². The number of ether oxygens (including phenoxy) is 3. The molecule has 4 aromatic carbocycles. The summed E-state index contributed by atoms with van der Waals surface area (Å²) in [5.41, 5.74) is 2.96. The molecule has 4 rings (SSSR count). The number of nitrogens with one attached hydrogen (secondary N) is 1. The zero-order valence-corrected chi connectivity index (χ0v) is 24.0. The Morgan fingerprint density at radius 3 is 2.38 bits per heavy atom. The standard InChI is InChI=1S/C32H26BrClN2O4/c1-2-38-30-18-23(17-28(33)31(30)40-20-22-8-4-3-5-9-22)16-25(19-35)32(37)36-26-12-14-27(15-13-26)39-21-24-10-6-7-11-29(24)34/h3-18H,2,20-21H2,1H3,(H,36,37)/b25-16+. The zero-order valence-electron chi connectivity index (χ0n) is 21.7. The van der Waals surface area contributed by atoms with Crippen LogP contribution in [0.25, 0.3) is 6.08 Å². The summed E-state index contributed by atoms with van der Waals surface area (Å²) in [7, 11) is 0. The van der Waals surface area contributed by atoms with E-state index in [-0.39, 0.29) is 5.57 Å².